The Balaban J connectivity index is 1.75. The van der Waals surface area contributed by atoms with E-state index in [-0.39, 0.29) is 6.61 Å². The molecule has 1 aliphatic heterocycles. The molecule has 3 rings (SSSR count). The van der Waals surface area contributed by atoms with Crippen molar-refractivity contribution in [1.29, 1.82) is 0 Å². The normalized spacial score (nSPS) is 17.6. The lowest BCUT2D eigenvalue weighted by Gasteiger charge is -2.26. The Hall–Kier alpha value is -1.45. The number of aliphatic hydroxyl groups excluding tert-OH is 1. The van der Waals surface area contributed by atoms with Gasteiger partial charge in [0, 0.05) is 22.9 Å². The van der Waals surface area contributed by atoms with E-state index in [1.165, 1.54) is 16.0 Å². The van der Waals surface area contributed by atoms with Gasteiger partial charge in [0.15, 0.2) is 0 Å². The van der Waals surface area contributed by atoms with Crippen molar-refractivity contribution in [2.24, 2.45) is 0 Å². The Morgan fingerprint density at radius 1 is 1.10 bits per heavy atom. The van der Waals surface area contributed by atoms with Crippen LogP contribution in [0.3, 0.4) is 0 Å². The monoisotopic (exact) mass is 285 g/mol. The van der Waals surface area contributed by atoms with Crippen LogP contribution in [0.5, 0.6) is 0 Å². The number of hydrogen-bond acceptors (Lipinski definition) is 3. The van der Waals surface area contributed by atoms with Gasteiger partial charge in [0.05, 0.1) is 6.04 Å². The number of fused-ring (bicyclic) bond motifs is 1. The Morgan fingerprint density at radius 3 is 2.70 bits per heavy atom. The van der Waals surface area contributed by atoms with Crippen LogP contribution in [-0.2, 0) is 6.42 Å². The first-order valence-electron chi connectivity index (χ1n) is 7.05. The predicted molar refractivity (Wildman–Crippen MR) is 85.4 cm³/mol. The quantitative estimate of drug-likeness (QED) is 0.894. The summed E-state index contributed by atoms with van der Waals surface area (Å²) in [5.41, 5.74) is 3.74. The van der Waals surface area contributed by atoms with E-state index in [1.54, 1.807) is 0 Å². The van der Waals surface area contributed by atoms with Crippen LogP contribution in [-0.4, -0.2) is 17.5 Å². The van der Waals surface area contributed by atoms with Crippen molar-refractivity contribution in [3.63, 3.8) is 0 Å². The van der Waals surface area contributed by atoms with Crippen molar-refractivity contribution < 1.29 is 5.11 Å². The number of nitrogens with one attached hydrogen (secondary N) is 1. The molecule has 2 N–H and O–H groups in total. The second-order valence-corrected chi connectivity index (χ2v) is 6.18. The third kappa shape index (κ3) is 3.00. The number of aliphatic hydroxyl groups is 1. The Bertz CT molecular complexity index is 567. The molecule has 104 valence electrons. The summed E-state index contributed by atoms with van der Waals surface area (Å²) >= 11 is 1.94. The van der Waals surface area contributed by atoms with Crippen LogP contribution < -0.4 is 5.32 Å². The van der Waals surface area contributed by atoms with Crippen molar-refractivity contribution in [2.75, 3.05) is 17.7 Å². The minimum Gasteiger partial charge on any atom is -0.396 e. The largest absolute Gasteiger partial charge is 0.396 e. The third-order valence-corrected chi connectivity index (χ3v) is 4.78. The molecular weight excluding hydrogens is 266 g/mol. The average molecular weight is 285 g/mol. The SMILES string of the molecule is OCCc1ccc(NC2CCSc3ccccc32)cc1. The first-order chi connectivity index (χ1) is 9.86. The molecule has 0 saturated heterocycles. The molecular formula is C17H19NOS. The minimum absolute atomic E-state index is 0.208. The van der Waals surface area contributed by atoms with Crippen LogP contribution in [0.1, 0.15) is 23.6 Å². The molecule has 0 aliphatic carbocycles. The lowest BCUT2D eigenvalue weighted by atomic mass is 10.0. The van der Waals surface area contributed by atoms with E-state index >= 15 is 0 Å². The zero-order valence-corrected chi connectivity index (χ0v) is 12.2. The third-order valence-electron chi connectivity index (χ3n) is 3.65. The molecule has 0 saturated carbocycles. The molecule has 0 fully saturated rings. The number of benzene rings is 2. The van der Waals surface area contributed by atoms with Gasteiger partial charge in [0.1, 0.15) is 0 Å². The summed E-state index contributed by atoms with van der Waals surface area (Å²) in [6, 6.07) is 17.4. The standard InChI is InChI=1S/C17H19NOS/c19-11-9-13-5-7-14(8-6-13)18-16-10-12-20-17-4-2-1-3-15(16)17/h1-8,16,18-19H,9-12H2. The van der Waals surface area contributed by atoms with Crippen LogP contribution in [0.25, 0.3) is 0 Å². The van der Waals surface area contributed by atoms with Gasteiger partial charge in [-0.3, -0.25) is 0 Å². The maximum absolute atomic E-state index is 8.94. The van der Waals surface area contributed by atoms with Gasteiger partial charge in [0.2, 0.25) is 0 Å². The molecule has 0 amide bonds. The highest BCUT2D eigenvalue weighted by atomic mass is 32.2. The summed E-state index contributed by atoms with van der Waals surface area (Å²) < 4.78 is 0. The molecule has 1 heterocycles. The first kappa shape index (κ1) is 13.5. The highest BCUT2D eigenvalue weighted by Gasteiger charge is 2.19. The van der Waals surface area contributed by atoms with Crippen molar-refractivity contribution >= 4 is 17.4 Å². The second-order valence-electron chi connectivity index (χ2n) is 5.04. The molecule has 0 aromatic heterocycles. The van der Waals surface area contributed by atoms with Crippen molar-refractivity contribution in [3.8, 4) is 0 Å². The fourth-order valence-corrected chi connectivity index (χ4v) is 3.72. The van der Waals surface area contributed by atoms with Crippen LogP contribution in [0.4, 0.5) is 5.69 Å². The molecule has 1 unspecified atom stereocenters. The summed E-state index contributed by atoms with van der Waals surface area (Å²) in [5, 5.41) is 12.6. The summed E-state index contributed by atoms with van der Waals surface area (Å²) in [5.74, 6) is 1.16. The van der Waals surface area contributed by atoms with Crippen LogP contribution >= 0.6 is 11.8 Å². The molecule has 3 heteroatoms. The zero-order valence-electron chi connectivity index (χ0n) is 11.4. The van der Waals surface area contributed by atoms with Gasteiger partial charge in [0.25, 0.3) is 0 Å². The number of anilines is 1. The van der Waals surface area contributed by atoms with Crippen LogP contribution in [0, 0.1) is 0 Å². The van der Waals surface area contributed by atoms with Gasteiger partial charge in [-0.1, -0.05) is 30.3 Å². The number of thioether (sulfide) groups is 1. The first-order valence-corrected chi connectivity index (χ1v) is 8.03. The van der Waals surface area contributed by atoms with E-state index in [4.69, 9.17) is 5.11 Å². The van der Waals surface area contributed by atoms with E-state index in [0.717, 1.165) is 24.3 Å². The van der Waals surface area contributed by atoms with E-state index < -0.39 is 0 Å². The minimum atomic E-state index is 0.208. The molecule has 2 aromatic carbocycles. The Labute approximate surface area is 124 Å². The van der Waals surface area contributed by atoms with Gasteiger partial charge in [-0.05, 0) is 42.2 Å². The summed E-state index contributed by atoms with van der Waals surface area (Å²) in [7, 11) is 0. The van der Waals surface area contributed by atoms with E-state index in [1.807, 2.05) is 11.8 Å². The van der Waals surface area contributed by atoms with Crippen LogP contribution in [0.2, 0.25) is 0 Å². The van der Waals surface area contributed by atoms with E-state index in [9.17, 15) is 0 Å². The smallest absolute Gasteiger partial charge is 0.0532 e. The van der Waals surface area contributed by atoms with Gasteiger partial charge >= 0.3 is 0 Å². The van der Waals surface area contributed by atoms with Crippen LogP contribution in [0.15, 0.2) is 53.4 Å². The molecule has 1 atom stereocenters. The lowest BCUT2D eigenvalue weighted by molar-refractivity contribution is 0.299. The van der Waals surface area contributed by atoms with Crippen molar-refractivity contribution in [2.45, 2.75) is 23.8 Å². The molecule has 1 aliphatic rings. The highest BCUT2D eigenvalue weighted by Crippen LogP contribution is 2.37. The summed E-state index contributed by atoms with van der Waals surface area (Å²) in [6.07, 6.45) is 1.88. The molecule has 0 radical (unpaired) electrons. The Kier molecular flexibility index (Phi) is 4.28. The number of rotatable bonds is 4. The van der Waals surface area contributed by atoms with Gasteiger partial charge in [-0.25, -0.2) is 0 Å². The summed E-state index contributed by atoms with van der Waals surface area (Å²) in [4.78, 5) is 1.40. The molecule has 2 nitrogen and oxygen atoms in total. The zero-order chi connectivity index (χ0) is 13.8. The van der Waals surface area contributed by atoms with Gasteiger partial charge in [-0.15, -0.1) is 11.8 Å². The lowest BCUT2D eigenvalue weighted by Crippen LogP contribution is -2.15. The van der Waals surface area contributed by atoms with Gasteiger partial charge in [-0.2, -0.15) is 0 Å². The fourth-order valence-electron chi connectivity index (χ4n) is 2.59. The Morgan fingerprint density at radius 2 is 1.90 bits per heavy atom. The van der Waals surface area contributed by atoms with Gasteiger partial charge < -0.3 is 10.4 Å². The molecule has 0 bridgehead atoms. The summed E-state index contributed by atoms with van der Waals surface area (Å²) in [6.45, 7) is 0.208. The average Bonchev–Trinajstić information content (AvgIpc) is 2.50. The maximum atomic E-state index is 8.94. The van der Waals surface area contributed by atoms with E-state index in [0.29, 0.717) is 6.04 Å². The van der Waals surface area contributed by atoms with Crippen molar-refractivity contribution in [1.82, 2.24) is 0 Å². The topological polar surface area (TPSA) is 32.3 Å². The van der Waals surface area contributed by atoms with E-state index in [2.05, 4.69) is 53.8 Å². The molecule has 0 spiro atoms. The number of hydrogen-bond donors (Lipinski definition) is 2. The molecule has 2 aromatic rings. The predicted octanol–water partition coefficient (Wildman–Crippen LogP) is 3.87. The fraction of sp³-hybridized carbons (Fsp3) is 0.294. The maximum Gasteiger partial charge on any atom is 0.0532 e. The highest BCUT2D eigenvalue weighted by molar-refractivity contribution is 7.99. The second kappa shape index (κ2) is 6.33. The molecule has 20 heavy (non-hydrogen) atoms. The van der Waals surface area contributed by atoms with Crippen molar-refractivity contribution in [3.05, 3.63) is 59.7 Å².